The third kappa shape index (κ3) is 7.84. The Morgan fingerprint density at radius 3 is 2.42 bits per heavy atom. The van der Waals surface area contributed by atoms with Gasteiger partial charge in [-0.25, -0.2) is 9.88 Å². The number of hydrogen-bond acceptors (Lipinski definition) is 12. The lowest BCUT2D eigenvalue weighted by atomic mass is 9.97. The number of carbonyl (C=O) groups is 3. The van der Waals surface area contributed by atoms with Crippen molar-refractivity contribution in [3.05, 3.63) is 83.0 Å². The first-order chi connectivity index (χ1) is 25.4. The highest BCUT2D eigenvalue weighted by molar-refractivity contribution is 5.96. The maximum Gasteiger partial charge on any atom is 0.271 e. The summed E-state index contributed by atoms with van der Waals surface area (Å²) in [6.45, 7) is 7.28. The van der Waals surface area contributed by atoms with E-state index >= 15 is 0 Å². The summed E-state index contributed by atoms with van der Waals surface area (Å²) in [5, 5.41) is 38.5. The van der Waals surface area contributed by atoms with E-state index in [1.807, 2.05) is 43.8 Å². The van der Waals surface area contributed by atoms with E-state index in [4.69, 9.17) is 16.6 Å². The molecule has 0 spiro atoms. The number of amides is 3. The van der Waals surface area contributed by atoms with Crippen molar-refractivity contribution in [2.45, 2.75) is 71.0 Å². The first kappa shape index (κ1) is 37.3. The molecule has 2 aliphatic carbocycles. The Morgan fingerprint density at radius 2 is 1.74 bits per heavy atom. The summed E-state index contributed by atoms with van der Waals surface area (Å²) in [6.07, 6.45) is 6.71. The van der Waals surface area contributed by atoms with E-state index in [9.17, 15) is 24.6 Å². The predicted molar refractivity (Wildman–Crippen MR) is 199 cm³/mol. The van der Waals surface area contributed by atoms with Crippen molar-refractivity contribution in [1.82, 2.24) is 35.6 Å². The largest absolute Gasteiger partial charge is 0.393 e. The van der Waals surface area contributed by atoms with Gasteiger partial charge >= 0.3 is 0 Å². The molecule has 0 bridgehead atoms. The number of anilines is 2. The van der Waals surface area contributed by atoms with Gasteiger partial charge in [0.25, 0.3) is 17.7 Å². The molecule has 1 aromatic carbocycles. The van der Waals surface area contributed by atoms with Crippen LogP contribution in [0.4, 0.5) is 11.4 Å². The van der Waals surface area contributed by atoms with Crippen LogP contribution in [0.1, 0.15) is 74.4 Å². The average molecular weight is 728 g/mol. The van der Waals surface area contributed by atoms with Crippen LogP contribution >= 0.6 is 0 Å². The van der Waals surface area contributed by atoms with E-state index in [-0.39, 0.29) is 65.6 Å². The topological polar surface area (TPSA) is 229 Å². The summed E-state index contributed by atoms with van der Waals surface area (Å²) in [5.74, 6) is -3.33. The molecule has 4 aliphatic rings. The summed E-state index contributed by atoms with van der Waals surface area (Å²) < 4.78 is 1.91. The molecule has 282 valence electrons. The van der Waals surface area contributed by atoms with Gasteiger partial charge in [-0.2, -0.15) is 5.10 Å². The van der Waals surface area contributed by atoms with Gasteiger partial charge in [-0.05, 0) is 50.8 Å². The van der Waals surface area contributed by atoms with E-state index in [1.54, 1.807) is 19.2 Å². The highest BCUT2D eigenvalue weighted by atomic mass is 16.5. The summed E-state index contributed by atoms with van der Waals surface area (Å²) in [7, 11) is 1.95. The van der Waals surface area contributed by atoms with Gasteiger partial charge in [0.15, 0.2) is 0 Å². The van der Waals surface area contributed by atoms with Crippen LogP contribution in [0.5, 0.6) is 0 Å². The lowest BCUT2D eigenvalue weighted by Crippen LogP contribution is -2.59. The number of likely N-dealkylation sites (tertiary alicyclic amines) is 1. The van der Waals surface area contributed by atoms with Crippen molar-refractivity contribution in [1.29, 1.82) is 0 Å². The fourth-order valence-corrected chi connectivity index (χ4v) is 6.41. The Labute approximate surface area is 308 Å². The molecule has 16 heteroatoms. The molecule has 16 nitrogen and oxygen atoms in total. The molecule has 4 heterocycles. The Kier molecular flexibility index (Phi) is 10.7. The number of aromatic nitrogens is 3. The van der Waals surface area contributed by atoms with E-state index in [2.05, 4.69) is 31.2 Å². The molecule has 3 aromatic rings. The van der Waals surface area contributed by atoms with Gasteiger partial charge < -0.3 is 47.8 Å². The zero-order valence-corrected chi connectivity index (χ0v) is 30.5. The van der Waals surface area contributed by atoms with Crippen LogP contribution < -0.4 is 37.6 Å². The van der Waals surface area contributed by atoms with Crippen LogP contribution in [0, 0.1) is 5.92 Å². The quantitative estimate of drug-likeness (QED) is 0.0755. The zero-order chi connectivity index (χ0) is 38.0. The van der Waals surface area contributed by atoms with Crippen molar-refractivity contribution in [3.8, 4) is 11.1 Å². The fourth-order valence-electron chi connectivity index (χ4n) is 6.41. The van der Waals surface area contributed by atoms with Gasteiger partial charge in [0.05, 0.1) is 41.5 Å². The van der Waals surface area contributed by atoms with Crippen molar-refractivity contribution in [3.63, 3.8) is 0 Å². The smallest absolute Gasteiger partial charge is 0.271 e. The molecule has 3 fully saturated rings. The lowest BCUT2D eigenvalue weighted by molar-refractivity contribution is -0.302. The monoisotopic (exact) mass is 727 g/mol. The summed E-state index contributed by atoms with van der Waals surface area (Å²) in [4.78, 5) is 45.5. The maximum absolute atomic E-state index is 13.0. The van der Waals surface area contributed by atoms with Gasteiger partial charge in [-0.3, -0.25) is 19.1 Å². The number of allylic oxidation sites excluding steroid dienone is 1. The number of fused-ring (bicyclic) bond motifs is 3. The van der Waals surface area contributed by atoms with Gasteiger partial charge in [0.2, 0.25) is 5.91 Å². The molecule has 2 saturated carbocycles. The number of rotatable bonds is 12. The van der Waals surface area contributed by atoms with Gasteiger partial charge in [0, 0.05) is 55.8 Å². The number of carbonyl (C=O) groups excluding carboxylic acids is 3. The van der Waals surface area contributed by atoms with Crippen molar-refractivity contribution < 1.29 is 24.6 Å². The number of pyridine rings is 1. The van der Waals surface area contributed by atoms with Crippen molar-refractivity contribution in [2.75, 3.05) is 36.9 Å². The minimum atomic E-state index is -2.38. The molecule has 0 radical (unpaired) electrons. The molecule has 53 heavy (non-hydrogen) atoms. The Morgan fingerprint density at radius 1 is 1.02 bits per heavy atom. The van der Waals surface area contributed by atoms with Crippen LogP contribution in [-0.4, -0.2) is 80.3 Å². The Balaban J connectivity index is 0.00000236. The molecular formula is C37H49N11O5. The number of hydrogen-bond donors (Lipinski definition) is 8. The van der Waals surface area contributed by atoms with Gasteiger partial charge in [0.1, 0.15) is 22.9 Å². The Bertz CT molecular complexity index is 1940. The van der Waals surface area contributed by atoms with Crippen LogP contribution in [-0.2, 0) is 22.0 Å². The first-order valence-electron chi connectivity index (χ1n) is 18.2. The lowest BCUT2D eigenvalue weighted by Gasteiger charge is -2.46. The van der Waals surface area contributed by atoms with Crippen LogP contribution in [0.2, 0.25) is 0 Å². The summed E-state index contributed by atoms with van der Waals surface area (Å²) >= 11 is 0. The standard InChI is InChI=1S/C35H43N11O5.C2H6/c1-3-38-33(48)25-8-5-9-28(42-25)35(50,51)45-16-21(17-45)46-27-18-44(2)31-22(23(27)15-39-46)6-4-7-24(31)41-26(30(37)34(49)40-20-12-13-20)14-29(36)43-32(47)19-10-11-19;1-2/h4-9,14-15,19-21,41,50-51H,3,10-13,16-18,36-37H2,1-2H3,(H,38,48)(H,40,49)(H,43,47);1-2H3/b29-14+,30-26+;. The maximum atomic E-state index is 13.0. The normalized spacial score (nSPS) is 17.6. The molecule has 1 saturated heterocycles. The van der Waals surface area contributed by atoms with Gasteiger partial charge in [-0.1, -0.05) is 32.0 Å². The minimum absolute atomic E-state index is 0.0399. The third-order valence-electron chi connectivity index (χ3n) is 9.54. The molecule has 3 amide bonds. The summed E-state index contributed by atoms with van der Waals surface area (Å²) in [6, 6.07) is 10.3. The highest BCUT2D eigenvalue weighted by Gasteiger charge is 2.46. The van der Waals surface area contributed by atoms with E-state index in [0.717, 1.165) is 48.2 Å². The van der Waals surface area contributed by atoms with E-state index < -0.39 is 17.7 Å². The Hall–Kier alpha value is -5.45. The molecule has 10 N–H and O–H groups in total. The second kappa shape index (κ2) is 15.3. The number of nitrogens with one attached hydrogen (secondary N) is 4. The van der Waals surface area contributed by atoms with E-state index in [1.165, 1.54) is 23.1 Å². The average Bonchev–Trinajstić information content (AvgIpc) is 4.07. The molecule has 0 unspecified atom stereocenters. The second-order valence-corrected chi connectivity index (χ2v) is 13.5. The predicted octanol–water partition coefficient (Wildman–Crippen LogP) is 1.51. The number of nitrogens with two attached hydrogens (primary N) is 2. The van der Waals surface area contributed by atoms with Crippen molar-refractivity contribution >= 4 is 29.1 Å². The molecule has 2 aromatic heterocycles. The molecule has 7 rings (SSSR count). The first-order valence-corrected chi connectivity index (χ1v) is 18.2. The van der Waals surface area contributed by atoms with Crippen molar-refractivity contribution in [2.24, 2.45) is 17.4 Å². The summed E-state index contributed by atoms with van der Waals surface area (Å²) in [5.41, 5.74) is 17.2. The molecular weight excluding hydrogens is 678 g/mol. The highest BCUT2D eigenvalue weighted by Crippen LogP contribution is 2.45. The van der Waals surface area contributed by atoms with Crippen LogP contribution in [0.15, 0.2) is 65.9 Å². The fraction of sp³-hybridized carbons (Fsp3) is 0.432. The van der Waals surface area contributed by atoms with Crippen LogP contribution in [0.25, 0.3) is 11.1 Å². The third-order valence-corrected chi connectivity index (χ3v) is 9.54. The number of nitrogens with zero attached hydrogens (tertiary/aromatic N) is 5. The number of aliphatic hydroxyl groups is 2. The minimum Gasteiger partial charge on any atom is -0.393 e. The van der Waals surface area contributed by atoms with Crippen LogP contribution in [0.3, 0.4) is 0 Å². The SMILES string of the molecule is CC.CCNC(=O)c1cccc(C(O)(O)N2CC(n3ncc4c3CN(C)c3c(NC(/C=C(\N)NC(=O)C5CC5)=C(/N)C(=O)NC5CC5)cccc3-4)C2)n1. The number of para-hydroxylation sites is 1. The number of benzene rings is 1. The van der Waals surface area contributed by atoms with Gasteiger partial charge in [-0.15, -0.1) is 0 Å². The second-order valence-electron chi connectivity index (χ2n) is 13.5. The molecule has 0 atom stereocenters. The molecule has 2 aliphatic heterocycles. The zero-order valence-electron chi connectivity index (χ0n) is 30.5. The van der Waals surface area contributed by atoms with E-state index in [0.29, 0.717) is 18.8 Å².